The van der Waals surface area contributed by atoms with E-state index in [4.69, 9.17) is 21.1 Å². The third-order valence-corrected chi connectivity index (χ3v) is 4.54. The first-order valence-corrected chi connectivity index (χ1v) is 8.77. The molecule has 0 atom stereocenters. The fraction of sp³-hybridized carbons (Fsp3) is 0.375. The van der Waals surface area contributed by atoms with Crippen LogP contribution in [0.5, 0.6) is 5.75 Å². The standard InChI is InChI=1S/C16H17ClN2O3S/c1-2-3-13-6-14(20)19-16(18-13)23-8-11-5-12(17)4-10-7-21-9-22-15(10)11/h4-6H,2-3,7-9H2,1H3,(H,18,19,20). The quantitative estimate of drug-likeness (QED) is 0.658. The van der Waals surface area contributed by atoms with Crippen LogP contribution in [0.15, 0.2) is 28.2 Å². The van der Waals surface area contributed by atoms with E-state index in [1.165, 1.54) is 11.8 Å². The van der Waals surface area contributed by atoms with Crippen LogP contribution in [0.4, 0.5) is 0 Å². The Labute approximate surface area is 143 Å². The van der Waals surface area contributed by atoms with Crippen LogP contribution in [-0.4, -0.2) is 16.8 Å². The molecule has 0 fully saturated rings. The number of H-pyrrole nitrogens is 1. The second kappa shape index (κ2) is 7.38. The first kappa shape index (κ1) is 16.4. The summed E-state index contributed by atoms with van der Waals surface area (Å²) in [5, 5.41) is 1.26. The van der Waals surface area contributed by atoms with Gasteiger partial charge in [0.2, 0.25) is 0 Å². The number of benzene rings is 1. The summed E-state index contributed by atoms with van der Waals surface area (Å²) in [6.45, 7) is 2.80. The van der Waals surface area contributed by atoms with Gasteiger partial charge in [-0.15, -0.1) is 0 Å². The Balaban J connectivity index is 1.81. The molecule has 0 unspecified atom stereocenters. The summed E-state index contributed by atoms with van der Waals surface area (Å²) in [6.07, 6.45) is 1.75. The minimum Gasteiger partial charge on any atom is -0.467 e. The lowest BCUT2D eigenvalue weighted by Crippen LogP contribution is -2.13. The average Bonchev–Trinajstić information content (AvgIpc) is 2.52. The van der Waals surface area contributed by atoms with Crippen LogP contribution in [0.2, 0.25) is 5.02 Å². The van der Waals surface area contributed by atoms with Crippen molar-refractivity contribution in [3.63, 3.8) is 0 Å². The number of nitrogens with one attached hydrogen (secondary N) is 1. The number of rotatable bonds is 5. The van der Waals surface area contributed by atoms with Crippen molar-refractivity contribution >= 4 is 23.4 Å². The van der Waals surface area contributed by atoms with Crippen LogP contribution in [0.3, 0.4) is 0 Å². The van der Waals surface area contributed by atoms with Crippen LogP contribution in [0.25, 0.3) is 0 Å². The Hall–Kier alpha value is -1.50. The van der Waals surface area contributed by atoms with E-state index in [9.17, 15) is 4.79 Å². The van der Waals surface area contributed by atoms with Gasteiger partial charge in [-0.3, -0.25) is 4.79 Å². The van der Waals surface area contributed by atoms with Crippen molar-refractivity contribution < 1.29 is 9.47 Å². The molecule has 122 valence electrons. The van der Waals surface area contributed by atoms with Gasteiger partial charge in [0.25, 0.3) is 5.56 Å². The third kappa shape index (κ3) is 4.07. The lowest BCUT2D eigenvalue weighted by molar-refractivity contribution is -0.0168. The number of nitrogens with zero attached hydrogens (tertiary/aromatic N) is 1. The van der Waals surface area contributed by atoms with E-state index in [1.54, 1.807) is 6.07 Å². The minimum absolute atomic E-state index is 0.122. The molecule has 0 spiro atoms. The summed E-state index contributed by atoms with van der Waals surface area (Å²) >= 11 is 7.62. The van der Waals surface area contributed by atoms with E-state index in [1.807, 2.05) is 12.1 Å². The van der Waals surface area contributed by atoms with Gasteiger partial charge in [0.05, 0.1) is 6.61 Å². The molecule has 0 radical (unpaired) electrons. The van der Waals surface area contributed by atoms with E-state index in [-0.39, 0.29) is 12.4 Å². The largest absolute Gasteiger partial charge is 0.467 e. The summed E-state index contributed by atoms with van der Waals surface area (Å²) < 4.78 is 10.9. The molecule has 1 aliphatic rings. The first-order valence-electron chi connectivity index (χ1n) is 7.40. The number of hydrogen-bond acceptors (Lipinski definition) is 5. The van der Waals surface area contributed by atoms with Crippen molar-refractivity contribution in [2.75, 3.05) is 6.79 Å². The zero-order valence-corrected chi connectivity index (χ0v) is 14.3. The Kier molecular flexibility index (Phi) is 5.25. The van der Waals surface area contributed by atoms with Gasteiger partial charge >= 0.3 is 0 Å². The van der Waals surface area contributed by atoms with Gasteiger partial charge in [-0.2, -0.15) is 0 Å². The van der Waals surface area contributed by atoms with Gasteiger partial charge < -0.3 is 14.5 Å². The highest BCUT2D eigenvalue weighted by atomic mass is 35.5. The lowest BCUT2D eigenvalue weighted by atomic mass is 10.1. The first-order chi connectivity index (χ1) is 11.2. The lowest BCUT2D eigenvalue weighted by Gasteiger charge is -2.20. The highest BCUT2D eigenvalue weighted by Crippen LogP contribution is 2.34. The highest BCUT2D eigenvalue weighted by Gasteiger charge is 2.17. The van der Waals surface area contributed by atoms with Gasteiger partial charge in [-0.1, -0.05) is 36.7 Å². The van der Waals surface area contributed by atoms with Crippen molar-refractivity contribution in [2.45, 2.75) is 37.3 Å². The molecule has 1 aromatic carbocycles. The third-order valence-electron chi connectivity index (χ3n) is 3.40. The molecule has 0 aliphatic carbocycles. The van der Waals surface area contributed by atoms with Crippen LogP contribution < -0.4 is 10.3 Å². The molecule has 3 rings (SSSR count). The maximum atomic E-state index is 11.7. The van der Waals surface area contributed by atoms with Crippen molar-refractivity contribution in [3.8, 4) is 5.75 Å². The monoisotopic (exact) mass is 352 g/mol. The number of fused-ring (bicyclic) bond motifs is 1. The molecule has 2 aromatic rings. The Bertz CT molecular complexity index is 763. The molecule has 1 aliphatic heterocycles. The summed E-state index contributed by atoms with van der Waals surface area (Å²) in [6, 6.07) is 5.29. The zero-order chi connectivity index (χ0) is 16.2. The molecule has 1 aromatic heterocycles. The van der Waals surface area contributed by atoms with E-state index >= 15 is 0 Å². The van der Waals surface area contributed by atoms with Crippen molar-refractivity contribution in [1.82, 2.24) is 9.97 Å². The van der Waals surface area contributed by atoms with Gasteiger partial charge in [0.1, 0.15) is 5.75 Å². The Morgan fingerprint density at radius 3 is 3.09 bits per heavy atom. The predicted octanol–water partition coefficient (Wildman–Crippen LogP) is 3.53. The maximum Gasteiger partial charge on any atom is 0.251 e. The molecule has 2 heterocycles. The van der Waals surface area contributed by atoms with E-state index in [2.05, 4.69) is 16.9 Å². The zero-order valence-electron chi connectivity index (χ0n) is 12.7. The van der Waals surface area contributed by atoms with Crippen LogP contribution in [-0.2, 0) is 23.5 Å². The fourth-order valence-electron chi connectivity index (χ4n) is 2.45. The van der Waals surface area contributed by atoms with Crippen LogP contribution in [0.1, 0.15) is 30.2 Å². The van der Waals surface area contributed by atoms with Gasteiger partial charge in [0, 0.05) is 33.7 Å². The molecule has 1 N–H and O–H groups in total. The summed E-state index contributed by atoms with van der Waals surface area (Å²) in [5.74, 6) is 1.43. The molecule has 0 amide bonds. The van der Waals surface area contributed by atoms with E-state index < -0.39 is 0 Å². The Morgan fingerprint density at radius 2 is 2.26 bits per heavy atom. The number of hydrogen-bond donors (Lipinski definition) is 1. The predicted molar refractivity (Wildman–Crippen MR) is 90.1 cm³/mol. The Morgan fingerprint density at radius 1 is 1.39 bits per heavy atom. The van der Waals surface area contributed by atoms with Crippen molar-refractivity contribution in [2.24, 2.45) is 0 Å². The second-order valence-electron chi connectivity index (χ2n) is 5.24. The average molecular weight is 353 g/mol. The normalized spacial score (nSPS) is 13.5. The second-order valence-corrected chi connectivity index (χ2v) is 6.64. The number of halogens is 1. The number of thioether (sulfide) groups is 1. The van der Waals surface area contributed by atoms with Gasteiger partial charge in [0.15, 0.2) is 11.9 Å². The number of aryl methyl sites for hydroxylation is 1. The molecular weight excluding hydrogens is 336 g/mol. The van der Waals surface area contributed by atoms with E-state index in [0.29, 0.717) is 22.5 Å². The summed E-state index contributed by atoms with van der Waals surface area (Å²) in [4.78, 5) is 19.0. The number of aromatic amines is 1. The summed E-state index contributed by atoms with van der Waals surface area (Å²) in [7, 11) is 0. The van der Waals surface area contributed by atoms with Gasteiger partial charge in [-0.05, 0) is 18.6 Å². The molecule has 7 heteroatoms. The molecule has 0 bridgehead atoms. The minimum atomic E-state index is -0.122. The van der Waals surface area contributed by atoms with Crippen LogP contribution in [0, 0.1) is 0 Å². The van der Waals surface area contributed by atoms with Crippen molar-refractivity contribution in [3.05, 3.63) is 50.4 Å². The highest BCUT2D eigenvalue weighted by molar-refractivity contribution is 7.98. The maximum absolute atomic E-state index is 11.7. The molecule has 5 nitrogen and oxygen atoms in total. The summed E-state index contributed by atoms with van der Waals surface area (Å²) in [5.41, 5.74) is 2.62. The van der Waals surface area contributed by atoms with Crippen molar-refractivity contribution in [1.29, 1.82) is 0 Å². The molecule has 23 heavy (non-hydrogen) atoms. The molecule has 0 saturated heterocycles. The topological polar surface area (TPSA) is 64.2 Å². The smallest absolute Gasteiger partial charge is 0.251 e. The van der Waals surface area contributed by atoms with E-state index in [0.717, 1.165) is 35.4 Å². The fourth-order valence-corrected chi connectivity index (χ4v) is 3.57. The number of aromatic nitrogens is 2. The number of ether oxygens (including phenoxy) is 2. The van der Waals surface area contributed by atoms with Crippen LogP contribution >= 0.6 is 23.4 Å². The molecule has 0 saturated carbocycles. The SMILES string of the molecule is CCCc1cc(=O)[nH]c(SCc2cc(Cl)cc3c2OCOC3)n1. The molecular formula is C16H17ClN2O3S. The van der Waals surface area contributed by atoms with Gasteiger partial charge in [-0.25, -0.2) is 4.98 Å².